The number of hydrogen-bond donors (Lipinski definition) is 2. The minimum atomic E-state index is -0.893. The summed E-state index contributed by atoms with van der Waals surface area (Å²) in [7, 11) is 3.54. The predicted molar refractivity (Wildman–Crippen MR) is 65.9 cm³/mol. The first-order valence-corrected chi connectivity index (χ1v) is 5.27. The highest BCUT2D eigenvalue weighted by molar-refractivity contribution is 5.58. The van der Waals surface area contributed by atoms with E-state index in [9.17, 15) is 5.11 Å². The molecule has 0 aliphatic carbocycles. The zero-order chi connectivity index (χ0) is 12.2. The van der Waals surface area contributed by atoms with Crippen molar-refractivity contribution >= 4 is 5.69 Å². The average molecular weight is 224 g/mol. The molecule has 3 N–H and O–H groups in total. The minimum absolute atomic E-state index is 0.229. The Kier molecular flexibility index (Phi) is 4.15. The Hall–Kier alpha value is -1.26. The van der Waals surface area contributed by atoms with Crippen LogP contribution in [0.25, 0.3) is 0 Å². The summed E-state index contributed by atoms with van der Waals surface area (Å²) >= 11 is 0. The molecule has 16 heavy (non-hydrogen) atoms. The lowest BCUT2D eigenvalue weighted by atomic mass is 10.1. The van der Waals surface area contributed by atoms with E-state index in [0.717, 1.165) is 11.4 Å². The molecule has 1 rings (SSSR count). The maximum Gasteiger partial charge on any atom is 0.142 e. The molecule has 0 aliphatic rings. The van der Waals surface area contributed by atoms with Crippen molar-refractivity contribution in [2.75, 3.05) is 32.1 Å². The van der Waals surface area contributed by atoms with Gasteiger partial charge < -0.3 is 20.5 Å². The van der Waals surface area contributed by atoms with E-state index in [4.69, 9.17) is 10.5 Å². The number of rotatable bonds is 5. The zero-order valence-electron chi connectivity index (χ0n) is 10.1. The number of nitrogens with zero attached hydrogens (tertiary/aromatic N) is 1. The molecule has 0 radical (unpaired) electrons. The van der Waals surface area contributed by atoms with E-state index in [1.54, 1.807) is 14.0 Å². The molecular formula is C12H20N2O2. The first kappa shape index (κ1) is 12.8. The summed E-state index contributed by atoms with van der Waals surface area (Å²) in [4.78, 5) is 1.94. The van der Waals surface area contributed by atoms with Crippen LogP contribution in [0, 0.1) is 0 Å². The lowest BCUT2D eigenvalue weighted by Crippen LogP contribution is -2.44. The Morgan fingerprint density at radius 3 is 2.62 bits per heavy atom. The quantitative estimate of drug-likeness (QED) is 0.778. The normalized spacial score (nSPS) is 14.3. The molecule has 0 aliphatic heterocycles. The predicted octanol–water partition coefficient (Wildman–Crippen LogP) is 0.841. The van der Waals surface area contributed by atoms with Gasteiger partial charge in [-0.3, -0.25) is 0 Å². The highest BCUT2D eigenvalue weighted by atomic mass is 16.5. The third-order valence-electron chi connectivity index (χ3n) is 2.51. The molecule has 0 bridgehead atoms. The van der Waals surface area contributed by atoms with Gasteiger partial charge in [0.05, 0.1) is 18.4 Å². The van der Waals surface area contributed by atoms with Crippen LogP contribution in [-0.4, -0.2) is 38.0 Å². The van der Waals surface area contributed by atoms with Crippen molar-refractivity contribution < 1.29 is 9.84 Å². The molecule has 0 heterocycles. The van der Waals surface area contributed by atoms with Gasteiger partial charge in [0.2, 0.25) is 0 Å². The van der Waals surface area contributed by atoms with Gasteiger partial charge in [0.1, 0.15) is 5.75 Å². The van der Waals surface area contributed by atoms with Gasteiger partial charge in [-0.2, -0.15) is 0 Å². The highest BCUT2D eigenvalue weighted by Crippen LogP contribution is 2.27. The fourth-order valence-corrected chi connectivity index (χ4v) is 1.61. The van der Waals surface area contributed by atoms with Crippen molar-refractivity contribution in [2.24, 2.45) is 5.73 Å². The molecule has 1 aromatic rings. The van der Waals surface area contributed by atoms with Crippen molar-refractivity contribution in [3.63, 3.8) is 0 Å². The van der Waals surface area contributed by atoms with Gasteiger partial charge in [0.25, 0.3) is 0 Å². The molecule has 1 aromatic carbocycles. The molecular weight excluding hydrogens is 204 g/mol. The van der Waals surface area contributed by atoms with E-state index < -0.39 is 5.60 Å². The molecule has 0 fully saturated rings. The molecule has 4 nitrogen and oxygen atoms in total. The van der Waals surface area contributed by atoms with Crippen LogP contribution in [0.5, 0.6) is 5.75 Å². The number of benzene rings is 1. The maximum absolute atomic E-state index is 9.91. The number of likely N-dealkylation sites (N-methyl/N-ethyl adjacent to an activating group) is 1. The van der Waals surface area contributed by atoms with Crippen LogP contribution < -0.4 is 15.4 Å². The summed E-state index contributed by atoms with van der Waals surface area (Å²) in [6.07, 6.45) is 0. The van der Waals surface area contributed by atoms with Gasteiger partial charge in [-0.15, -0.1) is 0 Å². The second-order valence-corrected chi connectivity index (χ2v) is 4.23. The fourth-order valence-electron chi connectivity index (χ4n) is 1.61. The van der Waals surface area contributed by atoms with Crippen LogP contribution in [0.15, 0.2) is 24.3 Å². The Bertz CT molecular complexity index is 340. The summed E-state index contributed by atoms with van der Waals surface area (Å²) in [5, 5.41) is 9.91. The topological polar surface area (TPSA) is 58.7 Å². The Morgan fingerprint density at radius 2 is 2.06 bits per heavy atom. The number of anilines is 1. The van der Waals surface area contributed by atoms with Gasteiger partial charge in [-0.1, -0.05) is 12.1 Å². The van der Waals surface area contributed by atoms with Crippen molar-refractivity contribution in [1.29, 1.82) is 0 Å². The van der Waals surface area contributed by atoms with E-state index in [2.05, 4.69) is 0 Å². The van der Waals surface area contributed by atoms with E-state index in [-0.39, 0.29) is 6.54 Å². The monoisotopic (exact) mass is 224 g/mol. The van der Waals surface area contributed by atoms with Crippen molar-refractivity contribution in [3.05, 3.63) is 24.3 Å². The van der Waals surface area contributed by atoms with Gasteiger partial charge in [-0.05, 0) is 19.1 Å². The number of para-hydroxylation sites is 2. The minimum Gasteiger partial charge on any atom is -0.495 e. The second-order valence-electron chi connectivity index (χ2n) is 4.23. The molecule has 0 aromatic heterocycles. The zero-order valence-corrected chi connectivity index (χ0v) is 10.1. The lowest BCUT2D eigenvalue weighted by Gasteiger charge is -2.30. The summed E-state index contributed by atoms with van der Waals surface area (Å²) in [6.45, 7) is 2.41. The molecule has 0 saturated carbocycles. The van der Waals surface area contributed by atoms with Crippen LogP contribution in [-0.2, 0) is 0 Å². The summed E-state index contributed by atoms with van der Waals surface area (Å²) in [5.74, 6) is 0.790. The third-order valence-corrected chi connectivity index (χ3v) is 2.51. The molecule has 0 saturated heterocycles. The maximum atomic E-state index is 9.91. The number of aliphatic hydroxyl groups is 1. The molecule has 0 spiro atoms. The van der Waals surface area contributed by atoms with E-state index >= 15 is 0 Å². The lowest BCUT2D eigenvalue weighted by molar-refractivity contribution is 0.0772. The summed E-state index contributed by atoms with van der Waals surface area (Å²) < 4.78 is 5.26. The van der Waals surface area contributed by atoms with Gasteiger partial charge in [-0.25, -0.2) is 0 Å². The number of hydrogen-bond acceptors (Lipinski definition) is 4. The second kappa shape index (κ2) is 5.18. The molecule has 1 atom stereocenters. The SMILES string of the molecule is COc1ccccc1N(C)CC(C)(O)CN. The largest absolute Gasteiger partial charge is 0.495 e. The Balaban J connectivity index is 2.84. The van der Waals surface area contributed by atoms with Crippen LogP contribution in [0.4, 0.5) is 5.69 Å². The molecule has 1 unspecified atom stereocenters. The van der Waals surface area contributed by atoms with E-state index in [0.29, 0.717) is 6.54 Å². The average Bonchev–Trinajstić information content (AvgIpc) is 2.28. The van der Waals surface area contributed by atoms with Crippen molar-refractivity contribution in [2.45, 2.75) is 12.5 Å². The number of ether oxygens (including phenoxy) is 1. The Labute approximate surface area is 96.6 Å². The van der Waals surface area contributed by atoms with Gasteiger partial charge in [0.15, 0.2) is 0 Å². The molecule has 90 valence electrons. The number of methoxy groups -OCH3 is 1. The first-order valence-electron chi connectivity index (χ1n) is 5.27. The smallest absolute Gasteiger partial charge is 0.142 e. The van der Waals surface area contributed by atoms with Crippen LogP contribution in [0.1, 0.15) is 6.92 Å². The standard InChI is InChI=1S/C12H20N2O2/c1-12(15,8-13)9-14(2)10-6-4-5-7-11(10)16-3/h4-7,15H,8-9,13H2,1-3H3. The van der Waals surface area contributed by atoms with Crippen molar-refractivity contribution in [1.82, 2.24) is 0 Å². The summed E-state index contributed by atoms with van der Waals surface area (Å²) in [5.41, 5.74) is 5.55. The fraction of sp³-hybridized carbons (Fsp3) is 0.500. The first-order chi connectivity index (χ1) is 7.50. The van der Waals surface area contributed by atoms with E-state index in [1.165, 1.54) is 0 Å². The van der Waals surface area contributed by atoms with Crippen LogP contribution in [0.3, 0.4) is 0 Å². The van der Waals surface area contributed by atoms with E-state index in [1.807, 2.05) is 36.2 Å². The van der Waals surface area contributed by atoms with Crippen LogP contribution in [0.2, 0.25) is 0 Å². The van der Waals surface area contributed by atoms with Gasteiger partial charge in [0, 0.05) is 20.1 Å². The number of nitrogens with two attached hydrogens (primary N) is 1. The highest BCUT2D eigenvalue weighted by Gasteiger charge is 2.21. The Morgan fingerprint density at radius 1 is 1.44 bits per heavy atom. The summed E-state index contributed by atoms with van der Waals surface area (Å²) in [6, 6.07) is 7.69. The molecule has 4 heteroatoms. The van der Waals surface area contributed by atoms with Crippen molar-refractivity contribution in [3.8, 4) is 5.75 Å². The molecule has 0 amide bonds. The van der Waals surface area contributed by atoms with Gasteiger partial charge >= 0.3 is 0 Å². The third kappa shape index (κ3) is 3.12. The van der Waals surface area contributed by atoms with Crippen LogP contribution >= 0.6 is 0 Å².